The molecule has 0 spiro atoms. The van der Waals surface area contributed by atoms with E-state index < -0.39 is 12.0 Å². The summed E-state index contributed by atoms with van der Waals surface area (Å²) in [6.07, 6.45) is 7.34. The zero-order chi connectivity index (χ0) is 24.7. The molecule has 1 saturated heterocycles. The molecule has 192 valence electrons. The number of aliphatic hydroxyl groups excluding tert-OH is 1. The van der Waals surface area contributed by atoms with Gasteiger partial charge in [0.05, 0.1) is 18.1 Å². The third-order valence-electron chi connectivity index (χ3n) is 8.86. The minimum atomic E-state index is -1.12. The molecule has 1 saturated carbocycles. The number of fused-ring (bicyclic) bond motifs is 3. The van der Waals surface area contributed by atoms with E-state index in [1.54, 1.807) is 11.3 Å². The number of hydrogen-bond donors (Lipinski definition) is 3. The lowest BCUT2D eigenvalue weighted by Crippen LogP contribution is -2.56. The van der Waals surface area contributed by atoms with Crippen LogP contribution in [0.25, 0.3) is 10.2 Å². The van der Waals surface area contributed by atoms with Gasteiger partial charge in [-0.2, -0.15) is 0 Å². The highest BCUT2D eigenvalue weighted by Gasteiger charge is 2.40. The van der Waals surface area contributed by atoms with E-state index in [1.807, 2.05) is 12.3 Å². The second-order valence-corrected chi connectivity index (χ2v) is 12.5. The Kier molecular flexibility index (Phi) is 7.09. The summed E-state index contributed by atoms with van der Waals surface area (Å²) in [4.78, 5) is 18.3. The smallest absolute Gasteiger partial charge is 0.246 e. The van der Waals surface area contributed by atoms with Gasteiger partial charge in [-0.15, -0.1) is 11.3 Å². The molecule has 8 heteroatoms. The lowest BCUT2D eigenvalue weighted by Gasteiger charge is -2.46. The molecule has 1 aliphatic heterocycles. The zero-order valence-electron chi connectivity index (χ0n) is 21.1. The van der Waals surface area contributed by atoms with E-state index in [2.05, 4.69) is 31.1 Å². The summed E-state index contributed by atoms with van der Waals surface area (Å²) in [5.74, 6) is 0.884. The molecule has 1 amide bonds. The van der Waals surface area contributed by atoms with E-state index in [4.69, 9.17) is 15.2 Å². The standard InChI is InChI=1S/C27H39N3O4S/c1-15-13-33-14-22(27(15,2)3)30-17-5-7-18(8-6-17)34-20-10-11-29-26-24(20)23-16(4-9-21(23)35-26)12-19(31)25(28)32/h10-11,15-19,22,30-31H,4-9,12-14H2,1-3H3,(H2,28,32)/t15-,16-,17?,18?,19+,22+/m1/s1. The number of ether oxygens (including phenoxy) is 2. The van der Waals surface area contributed by atoms with Crippen LogP contribution in [0.1, 0.15) is 75.7 Å². The molecule has 0 radical (unpaired) electrons. The average molecular weight is 502 g/mol. The summed E-state index contributed by atoms with van der Waals surface area (Å²) in [5, 5.41) is 15.1. The molecule has 4 N–H and O–H groups in total. The first-order valence-corrected chi connectivity index (χ1v) is 13.9. The van der Waals surface area contributed by atoms with Crippen molar-refractivity contribution in [2.24, 2.45) is 17.1 Å². The molecule has 0 bridgehead atoms. The van der Waals surface area contributed by atoms with E-state index in [-0.39, 0.29) is 17.4 Å². The number of pyridine rings is 1. The molecule has 35 heavy (non-hydrogen) atoms. The van der Waals surface area contributed by atoms with Crippen molar-refractivity contribution in [1.82, 2.24) is 10.3 Å². The van der Waals surface area contributed by atoms with Gasteiger partial charge in [-0.05, 0) is 73.8 Å². The van der Waals surface area contributed by atoms with Gasteiger partial charge < -0.3 is 25.6 Å². The molecule has 5 rings (SSSR count). The Morgan fingerprint density at radius 1 is 1.31 bits per heavy atom. The molecule has 3 aliphatic rings. The largest absolute Gasteiger partial charge is 0.490 e. The van der Waals surface area contributed by atoms with Gasteiger partial charge in [-0.1, -0.05) is 20.8 Å². The molecule has 2 aromatic rings. The maximum Gasteiger partial charge on any atom is 0.246 e. The molecule has 2 fully saturated rings. The Bertz CT molecular complexity index is 1060. The topological polar surface area (TPSA) is 107 Å². The van der Waals surface area contributed by atoms with Gasteiger partial charge in [0.2, 0.25) is 5.91 Å². The van der Waals surface area contributed by atoms with Crippen LogP contribution in [0.5, 0.6) is 5.75 Å². The van der Waals surface area contributed by atoms with Crippen LogP contribution in [0, 0.1) is 11.3 Å². The Labute approximate surface area is 211 Å². The number of thiophene rings is 1. The number of carbonyl (C=O) groups is 1. The predicted molar refractivity (Wildman–Crippen MR) is 138 cm³/mol. The van der Waals surface area contributed by atoms with Gasteiger partial charge in [0.1, 0.15) is 16.7 Å². The van der Waals surface area contributed by atoms with Gasteiger partial charge in [-0.3, -0.25) is 4.79 Å². The van der Waals surface area contributed by atoms with Gasteiger partial charge >= 0.3 is 0 Å². The van der Waals surface area contributed by atoms with Crippen molar-refractivity contribution in [3.8, 4) is 5.75 Å². The van der Waals surface area contributed by atoms with E-state index in [0.717, 1.165) is 67.7 Å². The molecule has 3 heterocycles. The summed E-state index contributed by atoms with van der Waals surface area (Å²) >= 11 is 1.71. The number of nitrogens with zero attached hydrogens (tertiary/aromatic N) is 1. The minimum absolute atomic E-state index is 0.108. The van der Waals surface area contributed by atoms with E-state index in [0.29, 0.717) is 24.4 Å². The Morgan fingerprint density at radius 2 is 2.09 bits per heavy atom. The number of aryl methyl sites for hydroxylation is 1. The summed E-state index contributed by atoms with van der Waals surface area (Å²) < 4.78 is 12.5. The number of rotatable bonds is 7. The van der Waals surface area contributed by atoms with Crippen LogP contribution in [-0.2, 0) is 16.0 Å². The molecule has 2 aliphatic carbocycles. The summed E-state index contributed by atoms with van der Waals surface area (Å²) in [6.45, 7) is 8.64. The van der Waals surface area contributed by atoms with Crippen molar-refractivity contribution in [3.63, 3.8) is 0 Å². The van der Waals surface area contributed by atoms with Gasteiger partial charge in [0.25, 0.3) is 0 Å². The number of nitrogens with two attached hydrogens (primary N) is 1. The Morgan fingerprint density at radius 3 is 2.83 bits per heavy atom. The minimum Gasteiger partial charge on any atom is -0.490 e. The summed E-state index contributed by atoms with van der Waals surface area (Å²) in [7, 11) is 0. The number of primary amides is 1. The number of nitrogens with one attached hydrogen (secondary N) is 1. The van der Waals surface area contributed by atoms with Crippen LogP contribution in [0.15, 0.2) is 12.3 Å². The maximum absolute atomic E-state index is 11.5. The summed E-state index contributed by atoms with van der Waals surface area (Å²) in [5.41, 5.74) is 6.77. The number of amides is 1. The molecule has 4 atom stereocenters. The second-order valence-electron chi connectivity index (χ2n) is 11.4. The van der Waals surface area contributed by atoms with E-state index >= 15 is 0 Å². The van der Waals surface area contributed by atoms with Crippen LogP contribution in [0.3, 0.4) is 0 Å². The molecular formula is C27H39N3O4S. The van der Waals surface area contributed by atoms with Crippen molar-refractivity contribution >= 4 is 27.5 Å². The highest BCUT2D eigenvalue weighted by atomic mass is 32.1. The first kappa shape index (κ1) is 24.9. The fourth-order valence-electron chi connectivity index (χ4n) is 6.06. The van der Waals surface area contributed by atoms with Crippen molar-refractivity contribution in [2.45, 2.75) is 95.9 Å². The molecule has 7 nitrogen and oxygen atoms in total. The monoisotopic (exact) mass is 501 g/mol. The molecule has 0 aromatic carbocycles. The lowest BCUT2D eigenvalue weighted by atomic mass is 9.72. The van der Waals surface area contributed by atoms with Gasteiger partial charge in [0, 0.05) is 29.8 Å². The fourth-order valence-corrected chi connectivity index (χ4v) is 7.32. The third kappa shape index (κ3) is 4.95. The van der Waals surface area contributed by atoms with E-state index in [9.17, 15) is 9.90 Å². The van der Waals surface area contributed by atoms with Crippen LogP contribution >= 0.6 is 11.3 Å². The highest BCUT2D eigenvalue weighted by Crippen LogP contribution is 2.48. The first-order chi connectivity index (χ1) is 16.7. The average Bonchev–Trinajstić information content (AvgIpc) is 3.38. The van der Waals surface area contributed by atoms with Crippen LogP contribution in [-0.4, -0.2) is 53.5 Å². The quantitative estimate of drug-likeness (QED) is 0.531. The van der Waals surface area contributed by atoms with Crippen LogP contribution in [0.4, 0.5) is 0 Å². The Hall–Kier alpha value is -1.74. The predicted octanol–water partition coefficient (Wildman–Crippen LogP) is 3.90. The maximum atomic E-state index is 11.5. The number of aromatic nitrogens is 1. The Balaban J connectivity index is 1.25. The summed E-state index contributed by atoms with van der Waals surface area (Å²) in [6, 6.07) is 2.85. The SMILES string of the molecule is C[C@@H]1COC[C@H](NC2CCC(Oc3ccnc4sc5c(c34)[C@@H](C[C@H](O)C(N)=O)CC5)CC2)C1(C)C. The third-order valence-corrected chi connectivity index (χ3v) is 10.0. The van der Waals surface area contributed by atoms with Crippen LogP contribution < -0.4 is 15.8 Å². The molecule has 0 unspecified atom stereocenters. The fraction of sp³-hybridized carbons (Fsp3) is 0.704. The molecular weight excluding hydrogens is 462 g/mol. The number of hydrogen-bond acceptors (Lipinski definition) is 7. The number of carbonyl (C=O) groups excluding carboxylic acids is 1. The first-order valence-electron chi connectivity index (χ1n) is 13.1. The van der Waals surface area contributed by atoms with Crippen LogP contribution in [0.2, 0.25) is 0 Å². The van der Waals surface area contributed by atoms with Crippen molar-refractivity contribution < 1.29 is 19.4 Å². The number of aliphatic hydroxyl groups is 1. The van der Waals surface area contributed by atoms with Gasteiger partial charge in [-0.25, -0.2) is 4.98 Å². The zero-order valence-corrected chi connectivity index (χ0v) is 21.9. The van der Waals surface area contributed by atoms with E-state index in [1.165, 1.54) is 10.4 Å². The van der Waals surface area contributed by atoms with Crippen molar-refractivity contribution in [3.05, 3.63) is 22.7 Å². The second kappa shape index (κ2) is 9.96. The normalized spacial score (nSPS) is 31.3. The lowest BCUT2D eigenvalue weighted by molar-refractivity contribution is -0.126. The van der Waals surface area contributed by atoms with Gasteiger partial charge in [0.15, 0.2) is 0 Å². The molecule has 2 aromatic heterocycles. The van der Waals surface area contributed by atoms with Crippen molar-refractivity contribution in [1.29, 1.82) is 0 Å². The highest BCUT2D eigenvalue weighted by molar-refractivity contribution is 7.19. The van der Waals surface area contributed by atoms with Crippen molar-refractivity contribution in [2.75, 3.05) is 13.2 Å².